The summed E-state index contributed by atoms with van der Waals surface area (Å²) in [7, 11) is 0. The van der Waals surface area contributed by atoms with Gasteiger partial charge >= 0.3 is 0 Å². The monoisotopic (exact) mass is 346 g/mol. The van der Waals surface area contributed by atoms with E-state index in [1.807, 2.05) is 0 Å². The Bertz CT molecular complexity index is 566. The highest BCUT2D eigenvalue weighted by Gasteiger charge is 2.67. The van der Waals surface area contributed by atoms with Crippen LogP contribution in [-0.4, -0.2) is 24.8 Å². The smallest absolute Gasteiger partial charge is 0.174 e. The molecule has 4 aliphatic carbocycles. The molecule has 4 saturated carbocycles. The lowest BCUT2D eigenvalue weighted by Gasteiger charge is -2.59. The van der Waals surface area contributed by atoms with Gasteiger partial charge in [0.2, 0.25) is 0 Å². The van der Waals surface area contributed by atoms with Crippen LogP contribution >= 0.6 is 0 Å². The van der Waals surface area contributed by atoms with Crippen molar-refractivity contribution in [1.82, 2.24) is 0 Å². The van der Waals surface area contributed by atoms with Crippen LogP contribution in [0.1, 0.15) is 78.1 Å². The number of ether oxygens (including phenoxy) is 2. The van der Waals surface area contributed by atoms with E-state index in [0.717, 1.165) is 56.7 Å². The number of fused-ring (bicyclic) bond motifs is 6. The first-order valence-electron chi connectivity index (χ1n) is 10.8. The van der Waals surface area contributed by atoms with Crippen molar-refractivity contribution in [1.29, 1.82) is 0 Å². The Morgan fingerprint density at radius 3 is 2.48 bits per heavy atom. The van der Waals surface area contributed by atoms with Gasteiger partial charge in [0.25, 0.3) is 0 Å². The van der Waals surface area contributed by atoms with Crippen LogP contribution in [0.25, 0.3) is 0 Å². The van der Waals surface area contributed by atoms with E-state index in [2.05, 4.69) is 13.8 Å². The van der Waals surface area contributed by atoms with E-state index in [1.54, 1.807) is 0 Å². The molecule has 5 aliphatic rings. The minimum atomic E-state index is -0.278. The number of hydrogen-bond donors (Lipinski definition) is 0. The largest absolute Gasteiger partial charge is 0.347 e. The van der Waals surface area contributed by atoms with E-state index in [0.29, 0.717) is 17.1 Å². The third-order valence-corrected chi connectivity index (χ3v) is 9.51. The second-order valence-corrected chi connectivity index (χ2v) is 10.2. The molecular formula is C22H34O3. The predicted octanol–water partition coefficient (Wildman–Crippen LogP) is 4.73. The Balaban J connectivity index is 1.46. The number of Topliss-reactive ketones (excluding diaryl/α,β-unsaturated/α-hetero) is 1. The molecule has 5 fully saturated rings. The molecule has 5 rings (SSSR count). The standard InChI is InChI=1S/C22H34O3/c1-20-9-3-4-16(23)14-15(20)5-6-17-18(20)7-10-21(2)19(17)8-11-22(21)24-12-13-25-22/h15,17-19H,3-14H2,1-2H3. The lowest BCUT2D eigenvalue weighted by molar-refractivity contribution is -0.246. The summed E-state index contributed by atoms with van der Waals surface area (Å²) >= 11 is 0. The molecule has 0 radical (unpaired) electrons. The van der Waals surface area contributed by atoms with Crippen LogP contribution in [0.5, 0.6) is 0 Å². The summed E-state index contributed by atoms with van der Waals surface area (Å²) in [6, 6.07) is 0. The fourth-order valence-corrected chi connectivity index (χ4v) is 8.19. The second-order valence-electron chi connectivity index (χ2n) is 10.2. The molecule has 1 aliphatic heterocycles. The van der Waals surface area contributed by atoms with E-state index >= 15 is 0 Å². The molecule has 0 aromatic heterocycles. The quantitative estimate of drug-likeness (QED) is 0.636. The van der Waals surface area contributed by atoms with E-state index in [4.69, 9.17) is 9.47 Å². The molecule has 0 aromatic carbocycles. The minimum Gasteiger partial charge on any atom is -0.347 e. The Labute approximate surface area is 152 Å². The highest BCUT2D eigenvalue weighted by atomic mass is 16.7. The maximum atomic E-state index is 12.2. The summed E-state index contributed by atoms with van der Waals surface area (Å²) in [6.45, 7) is 6.57. The maximum absolute atomic E-state index is 12.2. The highest BCUT2D eigenvalue weighted by Crippen LogP contribution is 2.69. The molecule has 0 bridgehead atoms. The van der Waals surface area contributed by atoms with Gasteiger partial charge in [0, 0.05) is 24.7 Å². The zero-order chi connectivity index (χ0) is 17.3. The van der Waals surface area contributed by atoms with Crippen molar-refractivity contribution in [2.45, 2.75) is 83.8 Å². The van der Waals surface area contributed by atoms with Crippen molar-refractivity contribution in [3.05, 3.63) is 0 Å². The first-order valence-corrected chi connectivity index (χ1v) is 10.8. The molecule has 3 nitrogen and oxygen atoms in total. The minimum absolute atomic E-state index is 0.203. The second kappa shape index (κ2) is 5.55. The normalized spacial score (nSPS) is 51.7. The summed E-state index contributed by atoms with van der Waals surface area (Å²) in [5.74, 6) is 3.27. The first kappa shape index (κ1) is 16.7. The van der Waals surface area contributed by atoms with Crippen LogP contribution in [0.3, 0.4) is 0 Å². The van der Waals surface area contributed by atoms with Gasteiger partial charge in [-0.05, 0) is 74.0 Å². The SMILES string of the molecule is CC12CCCC(=O)CC1CCC1C2CCC2(C)C1CCC21OCCO1. The van der Waals surface area contributed by atoms with E-state index < -0.39 is 0 Å². The summed E-state index contributed by atoms with van der Waals surface area (Å²) in [5.41, 5.74) is 0.595. The van der Waals surface area contributed by atoms with Crippen LogP contribution in [0.4, 0.5) is 0 Å². The van der Waals surface area contributed by atoms with Crippen molar-refractivity contribution in [2.24, 2.45) is 34.5 Å². The van der Waals surface area contributed by atoms with Crippen LogP contribution in [0.2, 0.25) is 0 Å². The van der Waals surface area contributed by atoms with E-state index in [1.165, 1.54) is 38.5 Å². The number of carbonyl (C=O) groups excluding carboxylic acids is 1. The van der Waals surface area contributed by atoms with Gasteiger partial charge < -0.3 is 9.47 Å². The van der Waals surface area contributed by atoms with Gasteiger partial charge in [-0.15, -0.1) is 0 Å². The third kappa shape index (κ3) is 2.15. The highest BCUT2D eigenvalue weighted by molar-refractivity contribution is 5.79. The Kier molecular flexibility index (Phi) is 3.71. The molecule has 1 heterocycles. The van der Waals surface area contributed by atoms with Crippen LogP contribution in [-0.2, 0) is 14.3 Å². The molecule has 0 aromatic rings. The average molecular weight is 347 g/mol. The molecule has 1 saturated heterocycles. The number of hydrogen-bond acceptors (Lipinski definition) is 3. The van der Waals surface area contributed by atoms with Crippen molar-refractivity contribution in [3.63, 3.8) is 0 Å². The summed E-state index contributed by atoms with van der Waals surface area (Å²) in [4.78, 5) is 12.2. The Morgan fingerprint density at radius 2 is 1.68 bits per heavy atom. The van der Waals surface area contributed by atoms with Crippen molar-refractivity contribution < 1.29 is 14.3 Å². The number of carbonyl (C=O) groups is 1. The van der Waals surface area contributed by atoms with Crippen molar-refractivity contribution in [2.75, 3.05) is 13.2 Å². The zero-order valence-corrected chi connectivity index (χ0v) is 16.0. The lowest BCUT2D eigenvalue weighted by Crippen LogP contribution is -2.55. The molecule has 0 N–H and O–H groups in total. The third-order valence-electron chi connectivity index (χ3n) is 9.51. The molecular weight excluding hydrogens is 312 g/mol. The molecule has 1 spiro atoms. The van der Waals surface area contributed by atoms with Gasteiger partial charge in [0.15, 0.2) is 5.79 Å². The van der Waals surface area contributed by atoms with Crippen LogP contribution in [0.15, 0.2) is 0 Å². The van der Waals surface area contributed by atoms with Gasteiger partial charge in [0.1, 0.15) is 5.78 Å². The fourth-order valence-electron chi connectivity index (χ4n) is 8.19. The predicted molar refractivity (Wildman–Crippen MR) is 96.0 cm³/mol. The molecule has 6 unspecified atom stereocenters. The summed E-state index contributed by atoms with van der Waals surface area (Å²) < 4.78 is 12.5. The molecule has 6 atom stereocenters. The van der Waals surface area contributed by atoms with E-state index in [-0.39, 0.29) is 11.2 Å². The fraction of sp³-hybridized carbons (Fsp3) is 0.955. The van der Waals surface area contributed by atoms with Gasteiger partial charge in [-0.2, -0.15) is 0 Å². The van der Waals surface area contributed by atoms with Gasteiger partial charge in [-0.1, -0.05) is 13.8 Å². The molecule has 3 heteroatoms. The average Bonchev–Trinajstić information content (AvgIpc) is 3.13. The number of ketones is 1. The topological polar surface area (TPSA) is 35.5 Å². The molecule has 0 amide bonds. The molecule has 25 heavy (non-hydrogen) atoms. The lowest BCUT2D eigenvalue weighted by atomic mass is 9.46. The van der Waals surface area contributed by atoms with Crippen LogP contribution < -0.4 is 0 Å². The first-order chi connectivity index (χ1) is 12.0. The van der Waals surface area contributed by atoms with Gasteiger partial charge in [0.05, 0.1) is 13.2 Å². The van der Waals surface area contributed by atoms with Crippen molar-refractivity contribution in [3.8, 4) is 0 Å². The summed E-state index contributed by atoms with van der Waals surface area (Å²) in [6.07, 6.45) is 11.6. The van der Waals surface area contributed by atoms with Crippen molar-refractivity contribution >= 4 is 5.78 Å². The summed E-state index contributed by atoms with van der Waals surface area (Å²) in [5, 5.41) is 0. The van der Waals surface area contributed by atoms with Gasteiger partial charge in [-0.25, -0.2) is 0 Å². The van der Waals surface area contributed by atoms with Crippen LogP contribution in [0, 0.1) is 34.5 Å². The molecule has 140 valence electrons. The maximum Gasteiger partial charge on any atom is 0.174 e. The number of rotatable bonds is 0. The van der Waals surface area contributed by atoms with E-state index in [9.17, 15) is 4.79 Å². The van der Waals surface area contributed by atoms with Gasteiger partial charge in [-0.3, -0.25) is 4.79 Å². The zero-order valence-electron chi connectivity index (χ0n) is 16.0. The Morgan fingerprint density at radius 1 is 0.920 bits per heavy atom. The Hall–Kier alpha value is -0.410.